The van der Waals surface area contributed by atoms with E-state index in [-0.39, 0.29) is 10.7 Å². The van der Waals surface area contributed by atoms with Crippen molar-refractivity contribution in [1.82, 2.24) is 19.6 Å². The topological polar surface area (TPSA) is 49.9 Å². The molecule has 8 aromatic carbocycles. The second-order valence-electron chi connectivity index (χ2n) is 18.3. The zero-order valence-electron chi connectivity index (χ0n) is 42.7. The van der Waals surface area contributed by atoms with E-state index in [9.17, 15) is 0 Å². The molecule has 8 aromatic rings. The fourth-order valence-electron chi connectivity index (χ4n) is 9.72. The first kappa shape index (κ1) is 57.3. The molecule has 0 saturated carbocycles. The summed E-state index contributed by atoms with van der Waals surface area (Å²) in [4.78, 5) is 9.97. The van der Waals surface area contributed by atoms with E-state index in [2.05, 4.69) is 189 Å². The van der Waals surface area contributed by atoms with E-state index in [0.29, 0.717) is 52.9 Å². The third kappa shape index (κ3) is 18.4. The summed E-state index contributed by atoms with van der Waals surface area (Å²) in [6.07, 6.45) is 0. The minimum absolute atomic E-state index is 0.194. The number of hydrogen-bond acceptors (Lipinski definition) is 8. The van der Waals surface area contributed by atoms with Crippen molar-refractivity contribution in [3.05, 3.63) is 192 Å². The van der Waals surface area contributed by atoms with Crippen LogP contribution in [0.1, 0.15) is 22.3 Å². The first-order valence-electron chi connectivity index (χ1n) is 25.9. The van der Waals surface area contributed by atoms with Crippen LogP contribution >= 0.6 is 46.4 Å². The molecule has 0 spiro atoms. The van der Waals surface area contributed by atoms with Gasteiger partial charge in [-0.25, -0.2) is 0 Å². The summed E-state index contributed by atoms with van der Waals surface area (Å²) >= 11 is 19.1. The van der Waals surface area contributed by atoms with Crippen LogP contribution in [0.25, 0.3) is 43.1 Å². The van der Waals surface area contributed by atoms with Gasteiger partial charge in [-0.3, -0.25) is 19.6 Å². The van der Waals surface area contributed by atoms with Crippen LogP contribution in [-0.2, 0) is 45.1 Å². The number of rotatable bonds is 8. The fraction of sp³-hybridized carbons (Fsp3) is 0.355. The maximum absolute atomic E-state index is 6.49. The molecule has 12 heteroatoms. The third-order valence-corrected chi connectivity index (χ3v) is 13.5. The SMILES string of the molecule is ClCCl.ClCCl.c1ccc2c(CN3CCOCCN(Cc4cccc5ccccc45)CCOCCN(Cc4cccc5ccccc45)CCOCCN(Cc4cccc5ccccc45)CCOCC3)cccc2c1. The summed E-state index contributed by atoms with van der Waals surface area (Å²) in [5.41, 5.74) is 5.32. The van der Waals surface area contributed by atoms with Crippen molar-refractivity contribution in [2.24, 2.45) is 0 Å². The summed E-state index contributed by atoms with van der Waals surface area (Å²) in [5.74, 6) is 0. The van der Waals surface area contributed by atoms with Gasteiger partial charge in [-0.05, 0) is 65.3 Å². The predicted molar refractivity (Wildman–Crippen MR) is 313 cm³/mol. The predicted octanol–water partition coefficient (Wildman–Crippen LogP) is 13.5. The minimum atomic E-state index is 0.194. The molecular weight excluding hydrogens is 1010 g/mol. The van der Waals surface area contributed by atoms with E-state index in [4.69, 9.17) is 65.4 Å². The highest BCUT2D eigenvalue weighted by Crippen LogP contribution is 2.24. The summed E-state index contributed by atoms with van der Waals surface area (Å²) in [7, 11) is 0. The lowest BCUT2D eigenvalue weighted by Gasteiger charge is -2.27. The van der Waals surface area contributed by atoms with Gasteiger partial charge < -0.3 is 18.9 Å². The molecule has 392 valence electrons. The Hall–Kier alpha value is -4.36. The molecule has 9 rings (SSSR count). The highest BCUT2D eigenvalue weighted by atomic mass is 35.5. The smallest absolute Gasteiger partial charge is 0.0967 e. The van der Waals surface area contributed by atoms with E-state index < -0.39 is 0 Å². The van der Waals surface area contributed by atoms with Crippen LogP contribution in [-0.4, -0.2) is 135 Å². The average Bonchev–Trinajstić information content (AvgIpc) is 3.43. The van der Waals surface area contributed by atoms with E-state index in [1.54, 1.807) is 0 Å². The van der Waals surface area contributed by atoms with Crippen molar-refractivity contribution >= 4 is 89.5 Å². The lowest BCUT2D eigenvalue weighted by molar-refractivity contribution is 0.0345. The van der Waals surface area contributed by atoms with Gasteiger partial charge >= 0.3 is 0 Å². The van der Waals surface area contributed by atoms with Crippen LogP contribution in [0.15, 0.2) is 170 Å². The van der Waals surface area contributed by atoms with Crippen LogP contribution in [0.4, 0.5) is 0 Å². The fourth-order valence-corrected chi connectivity index (χ4v) is 9.72. The van der Waals surface area contributed by atoms with Gasteiger partial charge in [-0.2, -0.15) is 0 Å². The Morgan fingerprint density at radius 3 is 0.635 bits per heavy atom. The Bertz CT molecular complexity index is 2430. The molecule has 8 nitrogen and oxygen atoms in total. The molecule has 0 radical (unpaired) electrons. The van der Waals surface area contributed by atoms with E-state index in [1.807, 2.05) is 0 Å². The molecule has 1 fully saturated rings. The highest BCUT2D eigenvalue weighted by Gasteiger charge is 2.15. The number of ether oxygens (including phenoxy) is 4. The van der Waals surface area contributed by atoms with Crippen molar-refractivity contribution in [2.45, 2.75) is 26.2 Å². The first-order valence-corrected chi connectivity index (χ1v) is 28.0. The van der Waals surface area contributed by atoms with Crippen LogP contribution < -0.4 is 0 Å². The van der Waals surface area contributed by atoms with Crippen molar-refractivity contribution in [3.63, 3.8) is 0 Å². The molecule has 0 N–H and O–H groups in total. The number of nitrogens with zero attached hydrogens (tertiary/aromatic N) is 4. The lowest BCUT2D eigenvalue weighted by atomic mass is 10.0. The Morgan fingerprint density at radius 2 is 0.432 bits per heavy atom. The first-order chi connectivity index (χ1) is 36.6. The second kappa shape index (κ2) is 32.9. The molecule has 0 bridgehead atoms. The summed E-state index contributed by atoms with van der Waals surface area (Å²) in [5, 5.41) is 10.7. The minimum Gasteiger partial charge on any atom is -0.379 e. The van der Waals surface area contributed by atoms with Crippen molar-refractivity contribution in [2.75, 3.05) is 116 Å². The third-order valence-electron chi connectivity index (χ3n) is 13.5. The largest absolute Gasteiger partial charge is 0.379 e. The maximum atomic E-state index is 6.49. The summed E-state index contributed by atoms with van der Waals surface area (Å²) in [6.45, 7) is 15.1. The Labute approximate surface area is 459 Å². The quantitative estimate of drug-likeness (QED) is 0.140. The van der Waals surface area contributed by atoms with E-state index >= 15 is 0 Å². The average molecular weight is 1080 g/mol. The molecule has 1 saturated heterocycles. The molecule has 0 unspecified atom stereocenters. The summed E-state index contributed by atoms with van der Waals surface area (Å²) < 4.78 is 26.0. The molecule has 1 aliphatic rings. The second-order valence-corrected chi connectivity index (χ2v) is 19.9. The molecule has 1 heterocycles. The number of benzene rings is 8. The molecular formula is C62H72Cl4N4O4. The van der Waals surface area contributed by atoms with Gasteiger partial charge in [0.15, 0.2) is 0 Å². The van der Waals surface area contributed by atoms with Crippen molar-refractivity contribution < 1.29 is 18.9 Å². The zero-order chi connectivity index (χ0) is 51.4. The van der Waals surface area contributed by atoms with Crippen LogP contribution in [0, 0.1) is 0 Å². The monoisotopic (exact) mass is 1080 g/mol. The van der Waals surface area contributed by atoms with Gasteiger partial charge in [0.2, 0.25) is 0 Å². The van der Waals surface area contributed by atoms with Gasteiger partial charge in [0.25, 0.3) is 0 Å². The normalized spacial score (nSPS) is 16.5. The van der Waals surface area contributed by atoms with Gasteiger partial charge in [-0.1, -0.05) is 170 Å². The standard InChI is InChI=1S/C60H68N4O4.2CH2Cl2/c1-5-25-57-49(13-1)17-9-21-53(57)45-61-29-37-65-39-31-62(46-54-22-10-18-50-14-2-6-26-58(50)54)33-41-67-43-35-64(48-56-24-12-20-52-16-4-8-28-60(52)56)36-44-68-42-34-63(32-40-66-38-30-61)47-55-23-11-19-51-15-3-7-27-59(51)55;2*2-1-3/h1-28H,29-48H2;2*1H2. The molecule has 74 heavy (non-hydrogen) atoms. The summed E-state index contributed by atoms with van der Waals surface area (Å²) in [6, 6.07) is 61.4. The van der Waals surface area contributed by atoms with Crippen LogP contribution in [0.5, 0.6) is 0 Å². The van der Waals surface area contributed by atoms with E-state index in [0.717, 1.165) is 78.5 Å². The number of fused-ring (bicyclic) bond motifs is 4. The lowest BCUT2D eigenvalue weighted by Crippen LogP contribution is -2.35. The molecule has 0 aliphatic carbocycles. The number of alkyl halides is 4. The van der Waals surface area contributed by atoms with Crippen molar-refractivity contribution in [3.8, 4) is 0 Å². The van der Waals surface area contributed by atoms with Gasteiger partial charge in [0.1, 0.15) is 0 Å². The Kier molecular flexibility index (Phi) is 25.5. The maximum Gasteiger partial charge on any atom is 0.0967 e. The van der Waals surface area contributed by atoms with Crippen LogP contribution in [0.2, 0.25) is 0 Å². The van der Waals surface area contributed by atoms with E-state index in [1.165, 1.54) is 65.3 Å². The zero-order valence-corrected chi connectivity index (χ0v) is 45.7. The van der Waals surface area contributed by atoms with Crippen molar-refractivity contribution in [1.29, 1.82) is 0 Å². The Morgan fingerprint density at radius 1 is 0.257 bits per heavy atom. The number of halogens is 4. The molecule has 1 aliphatic heterocycles. The molecule has 0 atom stereocenters. The van der Waals surface area contributed by atoms with Gasteiger partial charge in [-0.15, -0.1) is 46.4 Å². The van der Waals surface area contributed by atoms with Gasteiger partial charge in [0, 0.05) is 78.5 Å². The highest BCUT2D eigenvalue weighted by molar-refractivity contribution is 6.41. The Balaban J connectivity index is 0.00000127. The van der Waals surface area contributed by atoms with Crippen LogP contribution in [0.3, 0.4) is 0 Å². The van der Waals surface area contributed by atoms with Gasteiger partial charge in [0.05, 0.1) is 63.5 Å². The number of hydrogen-bond donors (Lipinski definition) is 0. The molecule has 0 amide bonds. The molecule has 0 aromatic heterocycles.